The maximum absolute atomic E-state index is 11.6. The highest BCUT2D eigenvalue weighted by molar-refractivity contribution is 8.00. The molecule has 1 saturated heterocycles. The van der Waals surface area contributed by atoms with Gasteiger partial charge >= 0.3 is 12.0 Å². The zero-order valence-corrected chi connectivity index (χ0v) is 11.9. The number of thioether (sulfide) groups is 1. The van der Waals surface area contributed by atoms with Crippen LogP contribution in [0.15, 0.2) is 12.5 Å². The molecule has 2 rings (SSSR count). The lowest BCUT2D eigenvalue weighted by Crippen LogP contribution is -2.39. The van der Waals surface area contributed by atoms with Gasteiger partial charge in [-0.05, 0) is 18.6 Å². The first-order valence-corrected chi connectivity index (χ1v) is 7.58. The summed E-state index contributed by atoms with van der Waals surface area (Å²) in [4.78, 5) is 25.9. The second kappa shape index (κ2) is 7.18. The molecule has 0 radical (unpaired) electrons. The summed E-state index contributed by atoms with van der Waals surface area (Å²) in [6, 6.07) is -0.184. The quantitative estimate of drug-likeness (QED) is 0.721. The molecule has 0 bridgehead atoms. The molecule has 8 heteroatoms. The number of amides is 2. The van der Waals surface area contributed by atoms with Crippen molar-refractivity contribution >= 4 is 23.8 Å². The summed E-state index contributed by atoms with van der Waals surface area (Å²) in [6.45, 7) is 1.62. The third-order valence-corrected chi connectivity index (χ3v) is 4.42. The van der Waals surface area contributed by atoms with E-state index in [0.29, 0.717) is 24.9 Å². The van der Waals surface area contributed by atoms with Gasteiger partial charge in [0.25, 0.3) is 0 Å². The van der Waals surface area contributed by atoms with Gasteiger partial charge in [-0.3, -0.25) is 0 Å². The molecule has 1 aliphatic heterocycles. The van der Waals surface area contributed by atoms with Gasteiger partial charge in [0.1, 0.15) is 0 Å². The molecule has 110 valence electrons. The highest BCUT2D eigenvalue weighted by Gasteiger charge is 2.15. The zero-order valence-electron chi connectivity index (χ0n) is 11.0. The van der Waals surface area contributed by atoms with Crippen molar-refractivity contribution in [2.45, 2.75) is 24.6 Å². The van der Waals surface area contributed by atoms with Crippen LogP contribution in [-0.4, -0.2) is 50.8 Å². The summed E-state index contributed by atoms with van der Waals surface area (Å²) < 4.78 is 1.64. The average Bonchev–Trinajstić information content (AvgIpc) is 3.07. The number of hydrogen-bond acceptors (Lipinski definition) is 4. The summed E-state index contributed by atoms with van der Waals surface area (Å²) in [5.41, 5.74) is 0.00714. The Hall–Kier alpha value is -1.70. The van der Waals surface area contributed by atoms with Crippen LogP contribution in [0, 0.1) is 0 Å². The average molecular weight is 298 g/mol. The van der Waals surface area contributed by atoms with Gasteiger partial charge in [0.15, 0.2) is 5.69 Å². The Bertz CT molecular complexity index is 471. The Morgan fingerprint density at radius 3 is 3.00 bits per heavy atom. The molecule has 2 amide bonds. The molecule has 1 aromatic rings. The van der Waals surface area contributed by atoms with Crippen LogP contribution in [0.1, 0.15) is 23.3 Å². The SMILES string of the molecule is O=C(NCCn1cnc(C(=O)O)c1)NCC1CCCS1. The fraction of sp³-hybridized carbons (Fsp3) is 0.583. The number of urea groups is 1. The Morgan fingerprint density at radius 2 is 2.35 bits per heavy atom. The van der Waals surface area contributed by atoms with Gasteiger partial charge in [-0.15, -0.1) is 0 Å². The minimum atomic E-state index is -1.05. The molecule has 0 spiro atoms. The maximum atomic E-state index is 11.6. The molecule has 0 aliphatic carbocycles. The van der Waals surface area contributed by atoms with Crippen molar-refractivity contribution in [1.29, 1.82) is 0 Å². The molecule has 2 heterocycles. The molecule has 7 nitrogen and oxygen atoms in total. The number of aromatic nitrogens is 2. The lowest BCUT2D eigenvalue weighted by Gasteiger charge is -2.11. The van der Waals surface area contributed by atoms with E-state index < -0.39 is 5.97 Å². The number of nitrogens with zero attached hydrogens (tertiary/aromatic N) is 2. The van der Waals surface area contributed by atoms with Crippen LogP contribution in [-0.2, 0) is 6.54 Å². The Kier molecular flexibility index (Phi) is 5.28. The van der Waals surface area contributed by atoms with E-state index in [2.05, 4.69) is 15.6 Å². The predicted octanol–water partition coefficient (Wildman–Crippen LogP) is 0.776. The zero-order chi connectivity index (χ0) is 14.4. The topological polar surface area (TPSA) is 96.2 Å². The molecule has 3 N–H and O–H groups in total. The third kappa shape index (κ3) is 4.44. The second-order valence-electron chi connectivity index (χ2n) is 4.57. The van der Waals surface area contributed by atoms with E-state index in [1.807, 2.05) is 11.8 Å². The Morgan fingerprint density at radius 1 is 1.50 bits per heavy atom. The summed E-state index contributed by atoms with van der Waals surface area (Å²) in [5, 5.41) is 14.8. The van der Waals surface area contributed by atoms with Gasteiger partial charge in [-0.2, -0.15) is 11.8 Å². The Balaban J connectivity index is 1.61. The number of carbonyl (C=O) groups excluding carboxylic acids is 1. The van der Waals surface area contributed by atoms with E-state index in [0.717, 1.165) is 6.42 Å². The number of carboxylic acid groups (broad SMARTS) is 1. The highest BCUT2D eigenvalue weighted by atomic mass is 32.2. The molecule has 1 aromatic heterocycles. The molecule has 1 atom stereocenters. The summed E-state index contributed by atoms with van der Waals surface area (Å²) in [6.07, 6.45) is 5.28. The first-order chi connectivity index (χ1) is 9.65. The molecule has 1 aliphatic rings. The first kappa shape index (κ1) is 14.7. The van der Waals surface area contributed by atoms with Crippen molar-refractivity contribution in [3.63, 3.8) is 0 Å². The second-order valence-corrected chi connectivity index (χ2v) is 5.98. The van der Waals surface area contributed by atoms with Crippen molar-refractivity contribution in [2.75, 3.05) is 18.8 Å². The molecule has 1 unspecified atom stereocenters. The van der Waals surface area contributed by atoms with Crippen LogP contribution in [0.25, 0.3) is 0 Å². The van der Waals surface area contributed by atoms with Crippen LogP contribution in [0.4, 0.5) is 4.79 Å². The smallest absolute Gasteiger partial charge is 0.356 e. The number of aromatic carboxylic acids is 1. The normalized spacial score (nSPS) is 17.9. The number of rotatable bonds is 6. The standard InChI is InChI=1S/C12H18N4O3S/c17-11(18)10-7-16(8-15-10)4-3-13-12(19)14-6-9-2-1-5-20-9/h7-9H,1-6H2,(H,17,18)(H2,13,14,19). The number of nitrogens with one attached hydrogen (secondary N) is 2. The molecule has 0 saturated carbocycles. The number of carboxylic acids is 1. The van der Waals surface area contributed by atoms with Crippen LogP contribution in [0.3, 0.4) is 0 Å². The number of carbonyl (C=O) groups is 2. The van der Waals surface area contributed by atoms with Crippen LogP contribution >= 0.6 is 11.8 Å². The van der Waals surface area contributed by atoms with Crippen molar-refractivity contribution in [1.82, 2.24) is 20.2 Å². The van der Waals surface area contributed by atoms with Crippen LogP contribution in [0.5, 0.6) is 0 Å². The van der Waals surface area contributed by atoms with Crippen LogP contribution in [0.2, 0.25) is 0 Å². The number of hydrogen-bond donors (Lipinski definition) is 3. The largest absolute Gasteiger partial charge is 0.476 e. The fourth-order valence-electron chi connectivity index (χ4n) is 1.97. The summed E-state index contributed by atoms with van der Waals surface area (Å²) in [7, 11) is 0. The lowest BCUT2D eigenvalue weighted by atomic mass is 10.2. The minimum absolute atomic E-state index is 0.00714. The van der Waals surface area contributed by atoms with Gasteiger partial charge in [-0.1, -0.05) is 0 Å². The van der Waals surface area contributed by atoms with Crippen molar-refractivity contribution < 1.29 is 14.7 Å². The lowest BCUT2D eigenvalue weighted by molar-refractivity contribution is 0.0691. The van der Waals surface area contributed by atoms with Gasteiger partial charge in [-0.25, -0.2) is 14.6 Å². The maximum Gasteiger partial charge on any atom is 0.356 e. The van der Waals surface area contributed by atoms with E-state index in [1.54, 1.807) is 4.57 Å². The van der Waals surface area contributed by atoms with Crippen molar-refractivity contribution in [3.05, 3.63) is 18.2 Å². The molecule has 1 fully saturated rings. The highest BCUT2D eigenvalue weighted by Crippen LogP contribution is 2.25. The van der Waals surface area contributed by atoms with E-state index in [1.165, 1.54) is 24.7 Å². The third-order valence-electron chi connectivity index (χ3n) is 3.02. The summed E-state index contributed by atoms with van der Waals surface area (Å²) in [5.74, 6) is 0.129. The Labute approximate surface area is 121 Å². The monoisotopic (exact) mass is 298 g/mol. The van der Waals surface area contributed by atoms with Gasteiger partial charge < -0.3 is 20.3 Å². The summed E-state index contributed by atoms with van der Waals surface area (Å²) >= 11 is 1.90. The van der Waals surface area contributed by atoms with E-state index >= 15 is 0 Å². The fourth-order valence-corrected chi connectivity index (χ4v) is 3.17. The number of imidazole rings is 1. The van der Waals surface area contributed by atoms with E-state index in [4.69, 9.17) is 5.11 Å². The molecular weight excluding hydrogens is 280 g/mol. The minimum Gasteiger partial charge on any atom is -0.476 e. The van der Waals surface area contributed by atoms with Crippen molar-refractivity contribution in [3.8, 4) is 0 Å². The predicted molar refractivity (Wildman–Crippen MR) is 76.1 cm³/mol. The van der Waals surface area contributed by atoms with E-state index in [9.17, 15) is 9.59 Å². The van der Waals surface area contributed by atoms with Gasteiger partial charge in [0.05, 0.1) is 6.33 Å². The molecule has 20 heavy (non-hydrogen) atoms. The van der Waals surface area contributed by atoms with Gasteiger partial charge in [0.2, 0.25) is 0 Å². The van der Waals surface area contributed by atoms with Crippen molar-refractivity contribution in [2.24, 2.45) is 0 Å². The molecule has 0 aromatic carbocycles. The molecular formula is C12H18N4O3S. The first-order valence-electron chi connectivity index (χ1n) is 6.53. The van der Waals surface area contributed by atoms with Gasteiger partial charge in [0, 0.05) is 31.1 Å². The van der Waals surface area contributed by atoms with Crippen LogP contribution < -0.4 is 10.6 Å². The van der Waals surface area contributed by atoms with E-state index in [-0.39, 0.29) is 11.7 Å².